The van der Waals surface area contributed by atoms with Gasteiger partial charge in [0.05, 0.1) is 31.4 Å². The fourth-order valence-electron chi connectivity index (χ4n) is 3.61. The maximum Gasteiger partial charge on any atom is 0.272 e. The Morgan fingerprint density at radius 3 is 2.60 bits per heavy atom. The van der Waals surface area contributed by atoms with Crippen molar-refractivity contribution in [3.05, 3.63) is 70.8 Å². The Kier molecular flexibility index (Phi) is 6.07. The Bertz CT molecular complexity index is 975. The molecule has 30 heavy (non-hydrogen) atoms. The fourth-order valence-corrected chi connectivity index (χ4v) is 3.61. The molecule has 7 nitrogen and oxygen atoms in total. The van der Waals surface area contributed by atoms with Crippen LogP contribution in [0.3, 0.4) is 0 Å². The van der Waals surface area contributed by atoms with E-state index in [0.717, 1.165) is 44.0 Å². The highest BCUT2D eigenvalue weighted by Crippen LogP contribution is 2.20. The van der Waals surface area contributed by atoms with Crippen LogP contribution in [0.1, 0.15) is 29.2 Å². The molecule has 2 aliphatic rings. The Morgan fingerprint density at radius 2 is 1.87 bits per heavy atom. The zero-order chi connectivity index (χ0) is 20.9. The molecule has 1 atom stereocenters. The number of carbonyl (C=O) groups is 1. The average Bonchev–Trinajstić information content (AvgIpc) is 2.79. The molecule has 1 unspecified atom stereocenters. The van der Waals surface area contributed by atoms with Crippen molar-refractivity contribution < 1.29 is 14.4 Å². The van der Waals surface area contributed by atoms with Crippen LogP contribution < -0.4 is 0 Å². The lowest BCUT2D eigenvalue weighted by Crippen LogP contribution is -2.46. The minimum atomic E-state index is -0.645. The van der Waals surface area contributed by atoms with E-state index in [0.29, 0.717) is 17.9 Å². The molecule has 0 aromatic heterocycles. The molecule has 7 heteroatoms. The lowest BCUT2D eigenvalue weighted by molar-refractivity contribution is -0.142. The summed E-state index contributed by atoms with van der Waals surface area (Å²) in [5, 5.41) is 13.4. The highest BCUT2D eigenvalue weighted by molar-refractivity contribution is 6.09. The number of carbonyl (C=O) groups excluding carboxylic acids is 1. The van der Waals surface area contributed by atoms with E-state index in [4.69, 9.17) is 14.8 Å². The van der Waals surface area contributed by atoms with E-state index in [1.807, 2.05) is 24.3 Å². The molecule has 1 saturated heterocycles. The number of benzene rings is 2. The molecule has 154 valence electrons. The van der Waals surface area contributed by atoms with Gasteiger partial charge in [-0.1, -0.05) is 41.6 Å². The number of oxime groups is 1. The zero-order valence-electron chi connectivity index (χ0n) is 17.0. The Morgan fingerprint density at radius 1 is 1.10 bits per heavy atom. The van der Waals surface area contributed by atoms with Crippen LogP contribution in [-0.4, -0.2) is 53.9 Å². The van der Waals surface area contributed by atoms with Crippen LogP contribution in [0.5, 0.6) is 0 Å². The molecule has 2 aromatic rings. The molecule has 0 saturated carbocycles. The SMILES string of the molecule is CC1ON=C(c2ccc(CN3CCOCC3)cc2)N(Cc2cccc(C#N)c2)C1=O. The van der Waals surface area contributed by atoms with Crippen molar-refractivity contribution >= 4 is 11.7 Å². The summed E-state index contributed by atoms with van der Waals surface area (Å²) >= 11 is 0. The molecule has 0 spiro atoms. The van der Waals surface area contributed by atoms with E-state index in [1.54, 1.807) is 24.0 Å². The van der Waals surface area contributed by atoms with E-state index in [1.165, 1.54) is 5.56 Å². The van der Waals surface area contributed by atoms with Crippen molar-refractivity contribution in [1.29, 1.82) is 5.26 Å². The van der Waals surface area contributed by atoms with Crippen molar-refractivity contribution in [2.24, 2.45) is 5.16 Å². The quantitative estimate of drug-likeness (QED) is 0.765. The third kappa shape index (κ3) is 4.51. The van der Waals surface area contributed by atoms with E-state index < -0.39 is 6.10 Å². The molecular formula is C23H24N4O3. The van der Waals surface area contributed by atoms with Gasteiger partial charge in [-0.05, 0) is 30.2 Å². The largest absolute Gasteiger partial charge is 0.381 e. The normalized spacial score (nSPS) is 19.7. The minimum Gasteiger partial charge on any atom is -0.381 e. The summed E-state index contributed by atoms with van der Waals surface area (Å²) in [5.41, 5.74) is 3.45. The van der Waals surface area contributed by atoms with Crippen LogP contribution in [0, 0.1) is 11.3 Å². The molecule has 2 heterocycles. The van der Waals surface area contributed by atoms with Gasteiger partial charge in [0.15, 0.2) is 5.84 Å². The second-order valence-corrected chi connectivity index (χ2v) is 7.48. The lowest BCUT2D eigenvalue weighted by Gasteiger charge is -2.30. The second-order valence-electron chi connectivity index (χ2n) is 7.48. The maximum absolute atomic E-state index is 12.8. The van der Waals surface area contributed by atoms with Crippen molar-refractivity contribution in [2.75, 3.05) is 26.3 Å². The molecule has 1 fully saturated rings. The minimum absolute atomic E-state index is 0.153. The van der Waals surface area contributed by atoms with E-state index >= 15 is 0 Å². The molecule has 1 amide bonds. The molecule has 2 aliphatic heterocycles. The highest BCUT2D eigenvalue weighted by atomic mass is 16.6. The van der Waals surface area contributed by atoms with Gasteiger partial charge in [0.25, 0.3) is 5.91 Å². The third-order valence-corrected chi connectivity index (χ3v) is 5.29. The van der Waals surface area contributed by atoms with Gasteiger partial charge in [0.2, 0.25) is 6.10 Å². The van der Waals surface area contributed by atoms with Gasteiger partial charge in [-0.15, -0.1) is 0 Å². The Balaban J connectivity index is 1.54. The number of rotatable bonds is 5. The number of morpholine rings is 1. The van der Waals surface area contributed by atoms with Gasteiger partial charge < -0.3 is 9.57 Å². The van der Waals surface area contributed by atoms with Crippen LogP contribution in [0.25, 0.3) is 0 Å². The number of hydrogen-bond donors (Lipinski definition) is 0. The van der Waals surface area contributed by atoms with Crippen LogP contribution in [0.2, 0.25) is 0 Å². The van der Waals surface area contributed by atoms with E-state index in [2.05, 4.69) is 28.3 Å². The van der Waals surface area contributed by atoms with E-state index in [9.17, 15) is 4.79 Å². The molecule has 0 radical (unpaired) electrons. The average molecular weight is 404 g/mol. The van der Waals surface area contributed by atoms with Gasteiger partial charge in [0.1, 0.15) is 0 Å². The monoisotopic (exact) mass is 404 g/mol. The van der Waals surface area contributed by atoms with Crippen molar-refractivity contribution in [3.8, 4) is 6.07 Å². The number of hydrogen-bond acceptors (Lipinski definition) is 6. The molecule has 0 aliphatic carbocycles. The zero-order valence-corrected chi connectivity index (χ0v) is 17.0. The number of nitrogens with zero attached hydrogens (tertiary/aromatic N) is 4. The molecular weight excluding hydrogens is 380 g/mol. The van der Waals surface area contributed by atoms with Crippen LogP contribution >= 0.6 is 0 Å². The molecule has 4 rings (SSSR count). The van der Waals surface area contributed by atoms with Crippen molar-refractivity contribution in [1.82, 2.24) is 9.80 Å². The first-order valence-electron chi connectivity index (χ1n) is 10.1. The van der Waals surface area contributed by atoms with E-state index in [-0.39, 0.29) is 5.91 Å². The van der Waals surface area contributed by atoms with Gasteiger partial charge in [-0.3, -0.25) is 14.6 Å². The van der Waals surface area contributed by atoms with Crippen LogP contribution in [0.4, 0.5) is 0 Å². The number of ether oxygens (including phenoxy) is 1. The number of amidine groups is 1. The predicted molar refractivity (Wildman–Crippen MR) is 111 cm³/mol. The summed E-state index contributed by atoms with van der Waals surface area (Å²) in [5.74, 6) is 0.332. The topological polar surface area (TPSA) is 78.2 Å². The first-order chi connectivity index (χ1) is 14.6. The smallest absolute Gasteiger partial charge is 0.272 e. The highest BCUT2D eigenvalue weighted by Gasteiger charge is 2.32. The molecule has 2 aromatic carbocycles. The summed E-state index contributed by atoms with van der Waals surface area (Å²) in [6.07, 6.45) is -0.645. The first kappa shape index (κ1) is 20.1. The lowest BCUT2D eigenvalue weighted by atomic mass is 10.1. The molecule has 0 N–H and O–H groups in total. The van der Waals surface area contributed by atoms with Crippen molar-refractivity contribution in [3.63, 3.8) is 0 Å². The summed E-state index contributed by atoms with van der Waals surface area (Å²) in [6, 6.07) is 17.5. The Labute approximate surface area is 176 Å². The first-order valence-corrected chi connectivity index (χ1v) is 10.1. The summed E-state index contributed by atoms with van der Waals surface area (Å²) < 4.78 is 5.40. The number of nitriles is 1. The third-order valence-electron chi connectivity index (χ3n) is 5.29. The van der Waals surface area contributed by atoms with Gasteiger partial charge in [-0.25, -0.2) is 0 Å². The van der Waals surface area contributed by atoms with Gasteiger partial charge >= 0.3 is 0 Å². The number of amides is 1. The van der Waals surface area contributed by atoms with Gasteiger partial charge in [0, 0.05) is 25.2 Å². The summed E-state index contributed by atoms with van der Waals surface area (Å²) in [4.78, 5) is 22.2. The fraction of sp³-hybridized carbons (Fsp3) is 0.348. The van der Waals surface area contributed by atoms with Gasteiger partial charge in [-0.2, -0.15) is 5.26 Å². The maximum atomic E-state index is 12.8. The van der Waals surface area contributed by atoms with Crippen LogP contribution in [-0.2, 0) is 27.5 Å². The van der Waals surface area contributed by atoms with Crippen LogP contribution in [0.15, 0.2) is 53.7 Å². The van der Waals surface area contributed by atoms with Crippen molar-refractivity contribution in [2.45, 2.75) is 26.1 Å². The predicted octanol–water partition coefficient (Wildman–Crippen LogP) is 2.50. The summed E-state index contributed by atoms with van der Waals surface area (Å²) in [7, 11) is 0. The second kappa shape index (κ2) is 9.08. The standard InChI is InChI=1S/C23H24N4O3/c1-17-23(28)27(16-20-4-2-3-19(13-20)14-24)22(25-30-17)21-7-5-18(6-8-21)15-26-9-11-29-12-10-26/h2-8,13,17H,9-12,15-16H2,1H3. The Hall–Kier alpha value is -3.21. The summed E-state index contributed by atoms with van der Waals surface area (Å²) in [6.45, 7) is 6.30. The molecule has 0 bridgehead atoms.